The summed E-state index contributed by atoms with van der Waals surface area (Å²) in [5, 5.41) is 0. The van der Waals surface area contributed by atoms with Gasteiger partial charge in [-0.2, -0.15) is 0 Å². The lowest BCUT2D eigenvalue weighted by Crippen LogP contribution is -2.31. The van der Waals surface area contributed by atoms with E-state index in [0.29, 0.717) is 10.0 Å². The largest absolute Gasteiger partial charge is 0.271 e. The molecule has 5 heteroatoms. The summed E-state index contributed by atoms with van der Waals surface area (Å²) in [6.45, 7) is 2.03. The van der Waals surface area contributed by atoms with Crippen molar-refractivity contribution in [1.29, 1.82) is 0 Å². The molecular weight excluding hydrogens is 309 g/mol. The summed E-state index contributed by atoms with van der Waals surface area (Å²) in [5.41, 5.74) is 4.93. The summed E-state index contributed by atoms with van der Waals surface area (Å²) in [6.07, 6.45) is 2.51. The molecular formula is C14H15BrFN3. The fourth-order valence-corrected chi connectivity index (χ4v) is 2.45. The number of benzene rings is 1. The summed E-state index contributed by atoms with van der Waals surface area (Å²) < 4.78 is 14.6. The zero-order valence-corrected chi connectivity index (χ0v) is 12.1. The molecule has 2 aromatic rings. The predicted octanol–water partition coefficient (Wildman–Crippen LogP) is 3.10. The first-order valence-electron chi connectivity index (χ1n) is 6.02. The normalized spacial score (nSPS) is 12.4. The van der Waals surface area contributed by atoms with E-state index in [9.17, 15) is 4.39 Å². The van der Waals surface area contributed by atoms with E-state index in [0.717, 1.165) is 17.7 Å². The summed E-state index contributed by atoms with van der Waals surface area (Å²) >= 11 is 3.19. The van der Waals surface area contributed by atoms with Crippen molar-refractivity contribution in [1.82, 2.24) is 10.4 Å². The van der Waals surface area contributed by atoms with E-state index in [1.807, 2.05) is 19.1 Å². The van der Waals surface area contributed by atoms with Crippen LogP contribution in [0.2, 0.25) is 0 Å². The third-order valence-corrected chi connectivity index (χ3v) is 3.65. The van der Waals surface area contributed by atoms with Crippen LogP contribution in [0.25, 0.3) is 0 Å². The molecule has 1 unspecified atom stereocenters. The SMILES string of the molecule is CCc1cccnc1C(NN)c1cccc(Br)c1F. The first kappa shape index (κ1) is 14.1. The van der Waals surface area contributed by atoms with Crippen molar-refractivity contribution in [3.63, 3.8) is 0 Å². The molecule has 19 heavy (non-hydrogen) atoms. The number of hydrogen-bond acceptors (Lipinski definition) is 3. The smallest absolute Gasteiger partial charge is 0.142 e. The average molecular weight is 324 g/mol. The number of hydrogen-bond donors (Lipinski definition) is 2. The quantitative estimate of drug-likeness (QED) is 0.671. The maximum Gasteiger partial charge on any atom is 0.142 e. The van der Waals surface area contributed by atoms with Crippen LogP contribution < -0.4 is 11.3 Å². The van der Waals surface area contributed by atoms with Crippen molar-refractivity contribution in [3.8, 4) is 0 Å². The molecule has 2 rings (SSSR count). The molecule has 0 saturated heterocycles. The van der Waals surface area contributed by atoms with Crippen LogP contribution in [-0.4, -0.2) is 4.98 Å². The average Bonchev–Trinajstić information content (AvgIpc) is 2.45. The first-order chi connectivity index (χ1) is 9.19. The fraction of sp³-hybridized carbons (Fsp3) is 0.214. The van der Waals surface area contributed by atoms with Gasteiger partial charge in [0.05, 0.1) is 16.2 Å². The van der Waals surface area contributed by atoms with Crippen molar-refractivity contribution in [2.45, 2.75) is 19.4 Å². The van der Waals surface area contributed by atoms with Crippen LogP contribution in [0.4, 0.5) is 4.39 Å². The van der Waals surface area contributed by atoms with Crippen molar-refractivity contribution in [2.24, 2.45) is 5.84 Å². The molecule has 0 bridgehead atoms. The number of nitrogens with zero attached hydrogens (tertiary/aromatic N) is 1. The van der Waals surface area contributed by atoms with Crippen LogP contribution in [0.15, 0.2) is 41.0 Å². The van der Waals surface area contributed by atoms with E-state index in [2.05, 4.69) is 26.3 Å². The fourth-order valence-electron chi connectivity index (χ4n) is 2.07. The van der Waals surface area contributed by atoms with Gasteiger partial charge in [-0.1, -0.05) is 25.1 Å². The van der Waals surface area contributed by atoms with E-state index in [-0.39, 0.29) is 5.82 Å². The molecule has 3 nitrogen and oxygen atoms in total. The Morgan fingerprint density at radius 3 is 2.84 bits per heavy atom. The number of hydrazine groups is 1. The number of aryl methyl sites for hydroxylation is 1. The Labute approximate surface area is 120 Å². The van der Waals surface area contributed by atoms with E-state index in [1.165, 1.54) is 0 Å². The first-order valence-corrected chi connectivity index (χ1v) is 6.82. The Hall–Kier alpha value is -1.30. The number of aromatic nitrogens is 1. The Kier molecular flexibility index (Phi) is 4.63. The Bertz CT molecular complexity index is 574. The number of halogens is 2. The van der Waals surface area contributed by atoms with Crippen molar-refractivity contribution < 1.29 is 4.39 Å². The molecule has 100 valence electrons. The number of nitrogens with two attached hydrogens (primary N) is 1. The van der Waals surface area contributed by atoms with Gasteiger partial charge in [0.25, 0.3) is 0 Å². The summed E-state index contributed by atoms with van der Waals surface area (Å²) in [4.78, 5) is 4.34. The van der Waals surface area contributed by atoms with Gasteiger partial charge in [-0.3, -0.25) is 10.8 Å². The second kappa shape index (κ2) is 6.23. The molecule has 0 saturated carbocycles. The highest BCUT2D eigenvalue weighted by Gasteiger charge is 2.21. The van der Waals surface area contributed by atoms with Gasteiger partial charge in [-0.15, -0.1) is 0 Å². The van der Waals surface area contributed by atoms with Gasteiger partial charge < -0.3 is 0 Å². The van der Waals surface area contributed by atoms with Crippen LogP contribution in [0.3, 0.4) is 0 Å². The summed E-state index contributed by atoms with van der Waals surface area (Å²) in [5.74, 6) is 5.29. The summed E-state index contributed by atoms with van der Waals surface area (Å²) in [6, 6.07) is 8.52. The molecule has 1 aromatic heterocycles. The van der Waals surface area contributed by atoms with Gasteiger partial charge in [-0.25, -0.2) is 9.82 Å². The van der Waals surface area contributed by atoms with Gasteiger partial charge in [0.15, 0.2) is 0 Å². The Morgan fingerprint density at radius 1 is 1.37 bits per heavy atom. The molecule has 0 spiro atoms. The zero-order chi connectivity index (χ0) is 13.8. The van der Waals surface area contributed by atoms with Crippen molar-refractivity contribution in [2.75, 3.05) is 0 Å². The van der Waals surface area contributed by atoms with E-state index in [4.69, 9.17) is 5.84 Å². The highest BCUT2D eigenvalue weighted by Crippen LogP contribution is 2.28. The molecule has 3 N–H and O–H groups in total. The lowest BCUT2D eigenvalue weighted by Gasteiger charge is -2.19. The molecule has 1 aromatic carbocycles. The molecule has 1 heterocycles. The highest BCUT2D eigenvalue weighted by atomic mass is 79.9. The minimum absolute atomic E-state index is 0.321. The maximum atomic E-state index is 14.2. The third-order valence-electron chi connectivity index (χ3n) is 3.04. The Balaban J connectivity index is 2.53. The Morgan fingerprint density at radius 2 is 2.16 bits per heavy atom. The molecule has 0 aliphatic rings. The minimum Gasteiger partial charge on any atom is -0.271 e. The third kappa shape index (κ3) is 2.83. The molecule has 0 radical (unpaired) electrons. The van der Waals surface area contributed by atoms with Crippen molar-refractivity contribution in [3.05, 3.63) is 63.6 Å². The van der Waals surface area contributed by atoms with Crippen LogP contribution in [0.1, 0.15) is 29.8 Å². The molecule has 0 amide bonds. The van der Waals surface area contributed by atoms with Crippen LogP contribution in [0.5, 0.6) is 0 Å². The zero-order valence-electron chi connectivity index (χ0n) is 10.5. The highest BCUT2D eigenvalue weighted by molar-refractivity contribution is 9.10. The standard InChI is InChI=1S/C14H15BrFN3/c1-2-9-5-4-8-18-13(9)14(19-17)10-6-3-7-11(15)12(10)16/h3-8,14,19H,2,17H2,1H3. The van der Waals surface area contributed by atoms with Gasteiger partial charge in [0.2, 0.25) is 0 Å². The van der Waals surface area contributed by atoms with Crippen LogP contribution >= 0.6 is 15.9 Å². The minimum atomic E-state index is -0.464. The predicted molar refractivity (Wildman–Crippen MR) is 76.9 cm³/mol. The van der Waals surface area contributed by atoms with Gasteiger partial charge in [-0.05, 0) is 40.0 Å². The van der Waals surface area contributed by atoms with E-state index >= 15 is 0 Å². The molecule has 0 aliphatic carbocycles. The lowest BCUT2D eigenvalue weighted by molar-refractivity contribution is 0.546. The number of nitrogens with one attached hydrogen (secondary N) is 1. The van der Waals surface area contributed by atoms with Gasteiger partial charge >= 0.3 is 0 Å². The van der Waals surface area contributed by atoms with Gasteiger partial charge in [0.1, 0.15) is 5.82 Å². The lowest BCUT2D eigenvalue weighted by atomic mass is 9.98. The monoisotopic (exact) mass is 323 g/mol. The van der Waals surface area contributed by atoms with E-state index in [1.54, 1.807) is 24.4 Å². The molecule has 1 atom stereocenters. The van der Waals surface area contributed by atoms with Crippen LogP contribution in [-0.2, 0) is 6.42 Å². The van der Waals surface area contributed by atoms with Crippen molar-refractivity contribution >= 4 is 15.9 Å². The van der Waals surface area contributed by atoms with E-state index < -0.39 is 6.04 Å². The molecule has 0 fully saturated rings. The topological polar surface area (TPSA) is 50.9 Å². The molecule has 0 aliphatic heterocycles. The number of rotatable bonds is 4. The summed E-state index contributed by atoms with van der Waals surface area (Å²) in [7, 11) is 0. The maximum absolute atomic E-state index is 14.2. The van der Waals surface area contributed by atoms with Crippen LogP contribution in [0, 0.1) is 5.82 Å². The second-order valence-electron chi connectivity index (χ2n) is 4.14. The number of pyridine rings is 1. The van der Waals surface area contributed by atoms with Gasteiger partial charge in [0, 0.05) is 11.8 Å². The second-order valence-corrected chi connectivity index (χ2v) is 5.00.